The van der Waals surface area contributed by atoms with Crippen molar-refractivity contribution in [1.29, 1.82) is 0 Å². The fourth-order valence-corrected chi connectivity index (χ4v) is 4.84. The van der Waals surface area contributed by atoms with Crippen molar-refractivity contribution in [3.8, 4) is 0 Å². The van der Waals surface area contributed by atoms with Gasteiger partial charge in [-0.3, -0.25) is 4.79 Å². The minimum atomic E-state index is -0.201. The number of nitrogens with one attached hydrogen (secondary N) is 1. The Kier molecular flexibility index (Phi) is 6.36. The summed E-state index contributed by atoms with van der Waals surface area (Å²) in [6.45, 7) is 5.01. The molecule has 5 atom stereocenters. The fraction of sp³-hybridized carbons (Fsp3) is 0.682. The molecule has 1 aromatic rings. The summed E-state index contributed by atoms with van der Waals surface area (Å²) in [4.78, 5) is 12.4. The summed E-state index contributed by atoms with van der Waals surface area (Å²) >= 11 is 0. The smallest absolute Gasteiger partial charge is 0.222 e. The van der Waals surface area contributed by atoms with E-state index >= 15 is 0 Å². The third-order valence-electron chi connectivity index (χ3n) is 6.16. The van der Waals surface area contributed by atoms with Gasteiger partial charge in [0.05, 0.1) is 18.8 Å². The molecule has 4 nitrogen and oxygen atoms in total. The molecule has 0 bridgehead atoms. The summed E-state index contributed by atoms with van der Waals surface area (Å²) in [5, 5.41) is 3.36. The Morgan fingerprint density at radius 2 is 2.08 bits per heavy atom. The Labute approximate surface area is 157 Å². The highest BCUT2D eigenvalue weighted by atomic mass is 16.5. The van der Waals surface area contributed by atoms with Crippen LogP contribution in [0.5, 0.6) is 0 Å². The van der Waals surface area contributed by atoms with Crippen molar-refractivity contribution in [2.75, 3.05) is 13.7 Å². The molecule has 0 unspecified atom stereocenters. The van der Waals surface area contributed by atoms with Crippen molar-refractivity contribution in [3.63, 3.8) is 0 Å². The first-order chi connectivity index (χ1) is 12.5. The molecule has 1 saturated heterocycles. The van der Waals surface area contributed by atoms with E-state index < -0.39 is 0 Å². The Balaban J connectivity index is 1.74. The second-order valence-corrected chi connectivity index (χ2v) is 8.42. The molecule has 2 fully saturated rings. The third kappa shape index (κ3) is 4.66. The van der Waals surface area contributed by atoms with Gasteiger partial charge in [-0.15, -0.1) is 0 Å². The molecule has 1 aromatic carbocycles. The van der Waals surface area contributed by atoms with Crippen LogP contribution in [-0.2, 0) is 20.7 Å². The van der Waals surface area contributed by atoms with Crippen LogP contribution in [0.2, 0.25) is 0 Å². The van der Waals surface area contributed by atoms with Gasteiger partial charge < -0.3 is 14.8 Å². The first kappa shape index (κ1) is 19.4. The molecule has 2 aliphatic rings. The standard InChI is InChI=1S/C22H33NO3/c1-16-9-10-19-20(13-16)26-18(14-17-7-5-4-6-8-17)15-22(19,2)23-21(24)11-12-25-3/h4-8,16,18-20H,9-15H2,1-3H3,(H,23,24)/t16-,18+,19-,20-,22+/m1/s1. The number of hydrogen-bond acceptors (Lipinski definition) is 3. The molecule has 3 rings (SSSR count). The van der Waals surface area contributed by atoms with E-state index in [4.69, 9.17) is 9.47 Å². The molecule has 144 valence electrons. The van der Waals surface area contributed by atoms with Crippen molar-refractivity contribution < 1.29 is 14.3 Å². The van der Waals surface area contributed by atoms with E-state index in [2.05, 4.69) is 43.4 Å². The predicted molar refractivity (Wildman–Crippen MR) is 103 cm³/mol. The lowest BCUT2D eigenvalue weighted by Gasteiger charge is -2.52. The highest BCUT2D eigenvalue weighted by molar-refractivity contribution is 5.77. The van der Waals surface area contributed by atoms with Gasteiger partial charge in [-0.05, 0) is 44.1 Å². The molecule has 4 heteroatoms. The van der Waals surface area contributed by atoms with E-state index in [0.29, 0.717) is 24.9 Å². The lowest BCUT2D eigenvalue weighted by Crippen LogP contribution is -2.62. The van der Waals surface area contributed by atoms with Crippen molar-refractivity contribution in [2.45, 2.75) is 70.1 Å². The van der Waals surface area contributed by atoms with Gasteiger partial charge in [-0.25, -0.2) is 0 Å². The minimum Gasteiger partial charge on any atom is -0.384 e. The van der Waals surface area contributed by atoms with Crippen LogP contribution < -0.4 is 5.32 Å². The molecule has 0 aromatic heterocycles. The number of rotatable bonds is 6. The summed E-state index contributed by atoms with van der Waals surface area (Å²) in [7, 11) is 1.64. The first-order valence-electron chi connectivity index (χ1n) is 9.99. The summed E-state index contributed by atoms with van der Waals surface area (Å²) < 4.78 is 11.6. The van der Waals surface area contributed by atoms with Gasteiger partial charge in [0.15, 0.2) is 0 Å². The van der Waals surface area contributed by atoms with E-state index in [1.807, 2.05) is 6.07 Å². The number of carbonyl (C=O) groups excluding carboxylic acids is 1. The maximum atomic E-state index is 12.4. The molecule has 1 saturated carbocycles. The zero-order chi connectivity index (χ0) is 18.6. The Morgan fingerprint density at radius 3 is 2.81 bits per heavy atom. The highest BCUT2D eigenvalue weighted by Crippen LogP contribution is 2.44. The number of hydrogen-bond donors (Lipinski definition) is 1. The fourth-order valence-electron chi connectivity index (χ4n) is 4.84. The molecule has 0 radical (unpaired) electrons. The van der Waals surface area contributed by atoms with Crippen molar-refractivity contribution in [1.82, 2.24) is 5.32 Å². The van der Waals surface area contributed by atoms with Gasteiger partial charge in [-0.2, -0.15) is 0 Å². The first-order valence-corrected chi connectivity index (χ1v) is 9.99. The van der Waals surface area contributed by atoms with Crippen LogP contribution in [0.15, 0.2) is 30.3 Å². The number of fused-ring (bicyclic) bond motifs is 1. The zero-order valence-corrected chi connectivity index (χ0v) is 16.4. The summed E-state index contributed by atoms with van der Waals surface area (Å²) in [5.41, 5.74) is 1.10. The van der Waals surface area contributed by atoms with E-state index in [1.54, 1.807) is 7.11 Å². The van der Waals surface area contributed by atoms with Gasteiger partial charge in [0, 0.05) is 25.0 Å². The largest absolute Gasteiger partial charge is 0.384 e. The number of methoxy groups -OCH3 is 1. The Morgan fingerprint density at radius 1 is 1.31 bits per heavy atom. The van der Waals surface area contributed by atoms with Crippen LogP contribution in [0.3, 0.4) is 0 Å². The van der Waals surface area contributed by atoms with Gasteiger partial charge in [0.25, 0.3) is 0 Å². The normalized spacial score (nSPS) is 34.1. The van der Waals surface area contributed by atoms with Crippen molar-refractivity contribution in [3.05, 3.63) is 35.9 Å². The molecule has 1 amide bonds. The van der Waals surface area contributed by atoms with Gasteiger partial charge in [-0.1, -0.05) is 43.7 Å². The van der Waals surface area contributed by atoms with Crippen LogP contribution in [-0.4, -0.2) is 37.4 Å². The van der Waals surface area contributed by atoms with E-state index in [9.17, 15) is 4.79 Å². The van der Waals surface area contributed by atoms with Crippen LogP contribution in [0, 0.1) is 11.8 Å². The van der Waals surface area contributed by atoms with E-state index in [0.717, 1.165) is 25.7 Å². The Bertz CT molecular complexity index is 590. The second-order valence-electron chi connectivity index (χ2n) is 8.42. The molecular weight excluding hydrogens is 326 g/mol. The minimum absolute atomic E-state index is 0.0899. The average Bonchev–Trinajstić information content (AvgIpc) is 2.60. The number of carbonyl (C=O) groups is 1. The molecule has 1 N–H and O–H groups in total. The van der Waals surface area contributed by atoms with Crippen molar-refractivity contribution in [2.24, 2.45) is 11.8 Å². The molecular formula is C22H33NO3. The molecule has 1 heterocycles. The molecule has 0 spiro atoms. The van der Waals surface area contributed by atoms with Gasteiger partial charge in [0.2, 0.25) is 5.91 Å². The third-order valence-corrected chi connectivity index (χ3v) is 6.16. The Hall–Kier alpha value is -1.39. The quantitative estimate of drug-likeness (QED) is 0.842. The molecule has 1 aliphatic carbocycles. The van der Waals surface area contributed by atoms with Gasteiger partial charge >= 0.3 is 0 Å². The van der Waals surface area contributed by atoms with Crippen molar-refractivity contribution >= 4 is 5.91 Å². The van der Waals surface area contributed by atoms with Crippen LogP contribution in [0.4, 0.5) is 0 Å². The van der Waals surface area contributed by atoms with Gasteiger partial charge in [0.1, 0.15) is 0 Å². The van der Waals surface area contributed by atoms with Crippen LogP contribution in [0.25, 0.3) is 0 Å². The predicted octanol–water partition coefficient (Wildman–Crippen LogP) is 3.73. The lowest BCUT2D eigenvalue weighted by molar-refractivity contribution is -0.151. The summed E-state index contributed by atoms with van der Waals surface area (Å²) in [6, 6.07) is 10.5. The summed E-state index contributed by atoms with van der Waals surface area (Å²) in [6.07, 6.45) is 6.04. The van der Waals surface area contributed by atoms with Crippen LogP contribution >= 0.6 is 0 Å². The zero-order valence-electron chi connectivity index (χ0n) is 16.4. The maximum Gasteiger partial charge on any atom is 0.222 e. The van der Waals surface area contributed by atoms with E-state index in [-0.39, 0.29) is 23.7 Å². The highest BCUT2D eigenvalue weighted by Gasteiger charge is 2.48. The average molecular weight is 360 g/mol. The monoisotopic (exact) mass is 359 g/mol. The van der Waals surface area contributed by atoms with E-state index in [1.165, 1.54) is 12.0 Å². The van der Waals surface area contributed by atoms with Crippen LogP contribution in [0.1, 0.15) is 51.5 Å². The maximum absolute atomic E-state index is 12.4. The summed E-state index contributed by atoms with van der Waals surface area (Å²) in [5.74, 6) is 1.18. The molecule has 26 heavy (non-hydrogen) atoms. The lowest BCUT2D eigenvalue weighted by atomic mass is 9.66. The SMILES string of the molecule is COCCC(=O)N[C@@]1(C)C[C@H](Cc2ccccc2)O[C@@H]2C[C@H](C)CC[C@H]21. The number of ether oxygens (including phenoxy) is 2. The number of benzene rings is 1. The molecule has 1 aliphatic heterocycles. The number of amides is 1. The second kappa shape index (κ2) is 8.53. The topological polar surface area (TPSA) is 47.6 Å².